The first-order chi connectivity index (χ1) is 20.3. The fourth-order valence-electron chi connectivity index (χ4n) is 4.63. The maximum absolute atomic E-state index is 13.1. The van der Waals surface area contributed by atoms with E-state index in [1.165, 1.54) is 13.8 Å². The number of carbonyl (C=O) groups is 4. The van der Waals surface area contributed by atoms with Gasteiger partial charge in [-0.3, -0.25) is 9.59 Å². The molecule has 0 amide bonds. The van der Waals surface area contributed by atoms with Gasteiger partial charge in [-0.2, -0.15) is 0 Å². The second kappa shape index (κ2) is 20.2. The average molecular weight is 583 g/mol. The van der Waals surface area contributed by atoms with Crippen molar-refractivity contribution in [1.82, 2.24) is 0 Å². The fraction of sp³-hybridized carbons (Fsp3) is 0.529. The molecule has 0 saturated carbocycles. The zero-order chi connectivity index (χ0) is 30.6. The quantitative estimate of drug-likeness (QED) is 0.0906. The van der Waals surface area contributed by atoms with E-state index in [0.717, 1.165) is 64.2 Å². The Bertz CT molecular complexity index is 1070. The summed E-state index contributed by atoms with van der Waals surface area (Å²) >= 11 is 0. The summed E-state index contributed by atoms with van der Waals surface area (Å²) in [6.07, 6.45) is 7.78. The maximum atomic E-state index is 13.1. The van der Waals surface area contributed by atoms with Gasteiger partial charge in [0.15, 0.2) is 0 Å². The van der Waals surface area contributed by atoms with Gasteiger partial charge in [0.1, 0.15) is 6.10 Å². The Morgan fingerprint density at radius 1 is 0.571 bits per heavy atom. The molecule has 42 heavy (non-hydrogen) atoms. The van der Waals surface area contributed by atoms with Crippen LogP contribution in [0.25, 0.3) is 0 Å². The zero-order valence-electron chi connectivity index (χ0n) is 25.3. The van der Waals surface area contributed by atoms with Crippen LogP contribution in [-0.2, 0) is 38.1 Å². The summed E-state index contributed by atoms with van der Waals surface area (Å²) in [6.45, 7) is 4.96. The lowest BCUT2D eigenvalue weighted by Gasteiger charge is -2.22. The first-order valence-corrected chi connectivity index (χ1v) is 15.1. The summed E-state index contributed by atoms with van der Waals surface area (Å²) in [5.74, 6) is -2.20. The highest BCUT2D eigenvalue weighted by Gasteiger charge is 2.28. The maximum Gasteiger partial charge on any atom is 0.352 e. The molecule has 0 fully saturated rings. The molecule has 0 heterocycles. The van der Waals surface area contributed by atoms with Gasteiger partial charge in [-0.15, -0.1) is 0 Å². The lowest BCUT2D eigenvalue weighted by Crippen LogP contribution is -2.26. The van der Waals surface area contributed by atoms with Crippen LogP contribution in [0, 0.1) is 0 Å². The Hall–Kier alpha value is -3.68. The minimum Gasteiger partial charge on any atom is -0.463 e. The van der Waals surface area contributed by atoms with Crippen LogP contribution >= 0.6 is 0 Å². The molecule has 0 aliphatic heterocycles. The van der Waals surface area contributed by atoms with Gasteiger partial charge in [0.25, 0.3) is 0 Å². The molecule has 230 valence electrons. The van der Waals surface area contributed by atoms with Crippen molar-refractivity contribution >= 4 is 23.9 Å². The Morgan fingerprint density at radius 2 is 1.02 bits per heavy atom. The number of unbranched alkanes of at least 4 members (excludes halogenated alkanes) is 7. The molecular weight excluding hydrogens is 536 g/mol. The van der Waals surface area contributed by atoms with Gasteiger partial charge in [0.2, 0.25) is 12.2 Å². The summed E-state index contributed by atoms with van der Waals surface area (Å²) in [5.41, 5.74) is 1.16. The zero-order valence-corrected chi connectivity index (χ0v) is 25.3. The smallest absolute Gasteiger partial charge is 0.352 e. The molecule has 0 aliphatic rings. The fourth-order valence-corrected chi connectivity index (χ4v) is 4.63. The van der Waals surface area contributed by atoms with Crippen molar-refractivity contribution in [2.45, 2.75) is 110 Å². The molecule has 0 spiro atoms. The third-order valence-electron chi connectivity index (χ3n) is 6.78. The summed E-state index contributed by atoms with van der Waals surface area (Å²) in [7, 11) is 0. The minimum absolute atomic E-state index is 0.242. The number of rotatable bonds is 20. The standard InChI is InChI=1S/C34H46O8/c1-4-5-6-16-23-30(42-34(38)32(41-27(3)36)29-21-14-11-15-22-29)24-17-8-7-9-18-25-39-33(37)31(40-26(2)35)28-19-12-10-13-20-28/h10-15,19-22,30-32H,4-9,16-18,23-25H2,1-3H3/t30-,31+,32+/m1/s1. The molecular formula is C34H46O8. The van der Waals surface area contributed by atoms with Crippen LogP contribution in [0.15, 0.2) is 60.7 Å². The van der Waals surface area contributed by atoms with E-state index in [1.807, 2.05) is 12.1 Å². The summed E-state index contributed by atoms with van der Waals surface area (Å²) < 4.78 is 21.8. The summed E-state index contributed by atoms with van der Waals surface area (Å²) in [4.78, 5) is 48.8. The minimum atomic E-state index is -1.08. The number of carbonyl (C=O) groups excluding carboxylic acids is 4. The normalized spacial score (nSPS) is 12.9. The molecule has 8 nitrogen and oxygen atoms in total. The third kappa shape index (κ3) is 13.8. The molecule has 0 aromatic heterocycles. The molecule has 3 atom stereocenters. The van der Waals surface area contributed by atoms with Crippen molar-refractivity contribution in [3.8, 4) is 0 Å². The number of hydrogen-bond acceptors (Lipinski definition) is 8. The Kier molecular flexibility index (Phi) is 16.6. The van der Waals surface area contributed by atoms with Crippen LogP contribution < -0.4 is 0 Å². The lowest BCUT2D eigenvalue weighted by molar-refractivity contribution is -0.171. The van der Waals surface area contributed by atoms with E-state index in [0.29, 0.717) is 17.5 Å². The molecule has 0 radical (unpaired) electrons. The van der Waals surface area contributed by atoms with E-state index in [-0.39, 0.29) is 12.7 Å². The predicted molar refractivity (Wildman–Crippen MR) is 159 cm³/mol. The van der Waals surface area contributed by atoms with Gasteiger partial charge >= 0.3 is 23.9 Å². The van der Waals surface area contributed by atoms with Gasteiger partial charge in [-0.25, -0.2) is 9.59 Å². The first kappa shape index (κ1) is 34.5. The second-order valence-corrected chi connectivity index (χ2v) is 10.4. The van der Waals surface area contributed by atoms with E-state index in [1.54, 1.807) is 48.5 Å². The SMILES string of the molecule is CCCCCC[C@H](CCCCCCCOC(=O)[C@@H](OC(C)=O)c1ccccc1)OC(=O)[C@@H](OC(C)=O)c1ccccc1. The summed E-state index contributed by atoms with van der Waals surface area (Å²) in [6, 6.07) is 17.7. The van der Waals surface area contributed by atoms with Crippen molar-refractivity contribution in [3.63, 3.8) is 0 Å². The van der Waals surface area contributed by atoms with Gasteiger partial charge in [-0.05, 0) is 32.1 Å². The molecule has 0 aliphatic carbocycles. The Balaban J connectivity index is 1.78. The van der Waals surface area contributed by atoms with Crippen molar-refractivity contribution in [2.24, 2.45) is 0 Å². The van der Waals surface area contributed by atoms with Crippen LogP contribution in [0.3, 0.4) is 0 Å². The number of ether oxygens (including phenoxy) is 4. The van der Waals surface area contributed by atoms with Gasteiger partial charge in [-0.1, -0.05) is 106 Å². The van der Waals surface area contributed by atoms with Crippen LogP contribution in [-0.4, -0.2) is 36.6 Å². The van der Waals surface area contributed by atoms with Crippen LogP contribution in [0.4, 0.5) is 0 Å². The van der Waals surface area contributed by atoms with Gasteiger partial charge < -0.3 is 18.9 Å². The van der Waals surface area contributed by atoms with Crippen molar-refractivity contribution in [3.05, 3.63) is 71.8 Å². The monoisotopic (exact) mass is 582 g/mol. The third-order valence-corrected chi connectivity index (χ3v) is 6.78. The molecule has 2 aromatic carbocycles. The molecule has 0 N–H and O–H groups in total. The van der Waals surface area contributed by atoms with E-state index >= 15 is 0 Å². The molecule has 0 bridgehead atoms. The molecule has 2 aromatic rings. The van der Waals surface area contributed by atoms with Crippen molar-refractivity contribution < 1.29 is 38.1 Å². The molecule has 0 unspecified atom stereocenters. The van der Waals surface area contributed by atoms with Crippen molar-refractivity contribution in [2.75, 3.05) is 6.61 Å². The largest absolute Gasteiger partial charge is 0.463 e. The predicted octanol–water partition coefficient (Wildman–Crippen LogP) is 7.36. The van der Waals surface area contributed by atoms with Crippen LogP contribution in [0.5, 0.6) is 0 Å². The molecule has 2 rings (SSSR count). The second-order valence-electron chi connectivity index (χ2n) is 10.4. The van der Waals surface area contributed by atoms with Gasteiger partial charge in [0, 0.05) is 25.0 Å². The summed E-state index contributed by atoms with van der Waals surface area (Å²) in [5, 5.41) is 0. The molecule has 8 heteroatoms. The number of esters is 4. The molecule has 0 saturated heterocycles. The number of hydrogen-bond donors (Lipinski definition) is 0. The highest BCUT2D eigenvalue weighted by molar-refractivity contribution is 5.80. The van der Waals surface area contributed by atoms with E-state index < -0.39 is 36.1 Å². The van der Waals surface area contributed by atoms with Crippen LogP contribution in [0.2, 0.25) is 0 Å². The van der Waals surface area contributed by atoms with Crippen molar-refractivity contribution in [1.29, 1.82) is 0 Å². The van der Waals surface area contributed by atoms with E-state index in [4.69, 9.17) is 18.9 Å². The Labute approximate surface area is 250 Å². The number of benzene rings is 2. The van der Waals surface area contributed by atoms with Crippen LogP contribution in [0.1, 0.15) is 115 Å². The highest BCUT2D eigenvalue weighted by Crippen LogP contribution is 2.24. The highest BCUT2D eigenvalue weighted by atomic mass is 16.6. The Morgan fingerprint density at radius 3 is 1.52 bits per heavy atom. The average Bonchev–Trinajstić information content (AvgIpc) is 2.98. The van der Waals surface area contributed by atoms with E-state index in [2.05, 4.69) is 6.92 Å². The van der Waals surface area contributed by atoms with E-state index in [9.17, 15) is 19.2 Å². The van der Waals surface area contributed by atoms with Gasteiger partial charge in [0.05, 0.1) is 6.61 Å². The first-order valence-electron chi connectivity index (χ1n) is 15.1. The lowest BCUT2D eigenvalue weighted by atomic mass is 10.0. The topological polar surface area (TPSA) is 105 Å².